The van der Waals surface area contributed by atoms with Crippen LogP contribution in [0.5, 0.6) is 0 Å². The summed E-state index contributed by atoms with van der Waals surface area (Å²) >= 11 is 0. The molecule has 0 fully saturated rings. The Hall–Kier alpha value is -4.07. The van der Waals surface area contributed by atoms with E-state index in [1.165, 1.54) is 0 Å². The number of hydrogen-bond donors (Lipinski definition) is 3. The molecule has 5 aromatic rings. The van der Waals surface area contributed by atoms with Crippen molar-refractivity contribution >= 4 is 33.5 Å². The van der Waals surface area contributed by atoms with Crippen molar-refractivity contribution in [3.8, 4) is 22.6 Å². The maximum Gasteiger partial charge on any atom is 0.224 e. The van der Waals surface area contributed by atoms with Crippen molar-refractivity contribution in [3.63, 3.8) is 0 Å². The first-order valence-corrected chi connectivity index (χ1v) is 10.2. The van der Waals surface area contributed by atoms with Gasteiger partial charge in [-0.3, -0.25) is 19.9 Å². The summed E-state index contributed by atoms with van der Waals surface area (Å²) in [6.45, 7) is 2.06. The van der Waals surface area contributed by atoms with Gasteiger partial charge in [0.1, 0.15) is 11.2 Å². The monoisotopic (exact) mass is 411 g/mol. The number of amides is 1. The minimum atomic E-state index is -0.00497. The SMILES string of the molecule is CCCCC(=O)Nc1cncc(-c2ccc3[nH]nc(-c4cc5ccncc5[nH]4)c3n2)c1. The van der Waals surface area contributed by atoms with Crippen LogP contribution in [0.3, 0.4) is 0 Å². The van der Waals surface area contributed by atoms with Gasteiger partial charge in [0, 0.05) is 29.8 Å². The molecule has 3 N–H and O–H groups in total. The van der Waals surface area contributed by atoms with Gasteiger partial charge in [0.2, 0.25) is 5.91 Å². The maximum absolute atomic E-state index is 12.1. The quantitative estimate of drug-likeness (QED) is 0.375. The van der Waals surface area contributed by atoms with Gasteiger partial charge in [-0.25, -0.2) is 4.98 Å². The zero-order valence-electron chi connectivity index (χ0n) is 17.0. The second-order valence-electron chi connectivity index (χ2n) is 7.42. The van der Waals surface area contributed by atoms with Crippen LogP contribution in [0.25, 0.3) is 44.6 Å². The van der Waals surface area contributed by atoms with Crippen LogP contribution in [0.2, 0.25) is 0 Å². The molecule has 0 aliphatic heterocycles. The Morgan fingerprint density at radius 3 is 2.87 bits per heavy atom. The van der Waals surface area contributed by atoms with Gasteiger partial charge in [-0.05, 0) is 36.8 Å². The van der Waals surface area contributed by atoms with E-state index < -0.39 is 0 Å². The number of H-pyrrole nitrogens is 2. The summed E-state index contributed by atoms with van der Waals surface area (Å²) in [5, 5.41) is 11.5. The number of carbonyl (C=O) groups is 1. The fraction of sp³-hybridized carbons (Fsp3) is 0.174. The molecule has 0 aliphatic rings. The fourth-order valence-corrected chi connectivity index (χ4v) is 3.56. The average Bonchev–Trinajstić information content (AvgIpc) is 3.41. The fourth-order valence-electron chi connectivity index (χ4n) is 3.56. The minimum Gasteiger partial charge on any atom is -0.352 e. The van der Waals surface area contributed by atoms with Gasteiger partial charge in [-0.15, -0.1) is 0 Å². The number of nitrogens with zero attached hydrogens (tertiary/aromatic N) is 4. The molecule has 0 spiro atoms. The normalized spacial score (nSPS) is 11.3. The molecule has 0 saturated heterocycles. The van der Waals surface area contributed by atoms with Crippen LogP contribution in [0.4, 0.5) is 5.69 Å². The predicted molar refractivity (Wildman–Crippen MR) is 120 cm³/mol. The molecule has 8 heteroatoms. The van der Waals surface area contributed by atoms with Crippen molar-refractivity contribution in [1.29, 1.82) is 0 Å². The minimum absolute atomic E-state index is 0.00497. The summed E-state index contributed by atoms with van der Waals surface area (Å²) in [6, 6.07) is 9.74. The second kappa shape index (κ2) is 7.98. The summed E-state index contributed by atoms with van der Waals surface area (Å²) in [6.07, 6.45) is 9.29. The molecule has 0 radical (unpaired) electrons. The molecule has 0 bridgehead atoms. The van der Waals surface area contributed by atoms with E-state index in [1.807, 2.05) is 30.3 Å². The van der Waals surface area contributed by atoms with Crippen molar-refractivity contribution in [2.75, 3.05) is 5.32 Å². The largest absolute Gasteiger partial charge is 0.352 e. The topological polar surface area (TPSA) is 112 Å². The zero-order valence-corrected chi connectivity index (χ0v) is 17.0. The van der Waals surface area contributed by atoms with Gasteiger partial charge in [0.25, 0.3) is 0 Å². The highest BCUT2D eigenvalue weighted by molar-refractivity contribution is 5.94. The number of aromatic nitrogens is 6. The average molecular weight is 411 g/mol. The number of pyridine rings is 3. The first-order chi connectivity index (χ1) is 15.2. The van der Waals surface area contributed by atoms with Crippen LogP contribution < -0.4 is 5.32 Å². The number of rotatable bonds is 6. The predicted octanol–water partition coefficient (Wildman–Crippen LogP) is 4.69. The summed E-state index contributed by atoms with van der Waals surface area (Å²) in [5.74, 6) is -0.00497. The first-order valence-electron chi connectivity index (χ1n) is 10.2. The maximum atomic E-state index is 12.1. The van der Waals surface area contributed by atoms with Crippen LogP contribution in [0.15, 0.2) is 55.1 Å². The molecule has 0 atom stereocenters. The van der Waals surface area contributed by atoms with Crippen molar-refractivity contribution in [2.45, 2.75) is 26.2 Å². The smallest absolute Gasteiger partial charge is 0.224 e. The lowest BCUT2D eigenvalue weighted by Gasteiger charge is -2.07. The van der Waals surface area contributed by atoms with Crippen molar-refractivity contribution in [1.82, 2.24) is 30.1 Å². The van der Waals surface area contributed by atoms with Gasteiger partial charge in [0.05, 0.1) is 40.5 Å². The Morgan fingerprint density at radius 1 is 1.06 bits per heavy atom. The Bertz CT molecular complexity index is 1350. The van der Waals surface area contributed by atoms with Crippen molar-refractivity contribution in [3.05, 3.63) is 55.1 Å². The number of fused-ring (bicyclic) bond motifs is 2. The van der Waals surface area contributed by atoms with Crippen LogP contribution in [-0.4, -0.2) is 36.0 Å². The lowest BCUT2D eigenvalue weighted by Crippen LogP contribution is -2.11. The lowest BCUT2D eigenvalue weighted by molar-refractivity contribution is -0.116. The van der Waals surface area contributed by atoms with Gasteiger partial charge in [-0.2, -0.15) is 5.10 Å². The number of anilines is 1. The van der Waals surface area contributed by atoms with E-state index in [9.17, 15) is 4.79 Å². The van der Waals surface area contributed by atoms with E-state index in [0.717, 1.165) is 57.4 Å². The number of aromatic amines is 2. The molecule has 0 aromatic carbocycles. The third kappa shape index (κ3) is 3.75. The van der Waals surface area contributed by atoms with Crippen molar-refractivity contribution < 1.29 is 4.79 Å². The van der Waals surface area contributed by atoms with Crippen LogP contribution in [0.1, 0.15) is 26.2 Å². The van der Waals surface area contributed by atoms with Gasteiger partial charge >= 0.3 is 0 Å². The lowest BCUT2D eigenvalue weighted by atomic mass is 10.1. The molecule has 8 nitrogen and oxygen atoms in total. The number of hydrogen-bond acceptors (Lipinski definition) is 5. The Labute approximate surface area is 178 Å². The van der Waals surface area contributed by atoms with E-state index in [2.05, 4.69) is 37.4 Å². The molecule has 0 aliphatic carbocycles. The zero-order chi connectivity index (χ0) is 21.2. The standard InChI is InChI=1S/C23H21N7O/c1-2-3-4-21(31)26-16-9-15(11-25-12-16)17-5-6-18-22(28-17)23(30-29-18)19-10-14-7-8-24-13-20(14)27-19/h5-13,27H,2-4H2,1H3,(H,26,31)(H,29,30). The summed E-state index contributed by atoms with van der Waals surface area (Å²) in [7, 11) is 0. The molecular weight excluding hydrogens is 390 g/mol. The molecule has 31 heavy (non-hydrogen) atoms. The van der Waals surface area contributed by atoms with Crippen LogP contribution in [0, 0.1) is 0 Å². The van der Waals surface area contributed by atoms with E-state index in [-0.39, 0.29) is 5.91 Å². The van der Waals surface area contributed by atoms with Crippen LogP contribution in [-0.2, 0) is 4.79 Å². The van der Waals surface area contributed by atoms with E-state index in [1.54, 1.807) is 24.8 Å². The van der Waals surface area contributed by atoms with Gasteiger partial charge < -0.3 is 10.3 Å². The van der Waals surface area contributed by atoms with Crippen LogP contribution >= 0.6 is 0 Å². The summed E-state index contributed by atoms with van der Waals surface area (Å²) in [5.41, 5.74) is 6.39. The van der Waals surface area contributed by atoms with E-state index in [4.69, 9.17) is 4.98 Å². The second-order valence-corrected chi connectivity index (χ2v) is 7.42. The Morgan fingerprint density at radius 2 is 2.00 bits per heavy atom. The molecule has 0 saturated carbocycles. The molecule has 5 heterocycles. The van der Waals surface area contributed by atoms with Crippen molar-refractivity contribution in [2.24, 2.45) is 0 Å². The third-order valence-corrected chi connectivity index (χ3v) is 5.16. The highest BCUT2D eigenvalue weighted by atomic mass is 16.1. The van der Waals surface area contributed by atoms with Gasteiger partial charge in [-0.1, -0.05) is 13.3 Å². The molecule has 5 aromatic heterocycles. The molecule has 0 unspecified atom stereocenters. The molecular formula is C23H21N7O. The summed E-state index contributed by atoms with van der Waals surface area (Å²) in [4.78, 5) is 28.7. The number of nitrogens with one attached hydrogen (secondary N) is 3. The highest BCUT2D eigenvalue weighted by Crippen LogP contribution is 2.29. The summed E-state index contributed by atoms with van der Waals surface area (Å²) < 4.78 is 0. The number of unbranched alkanes of at least 4 members (excludes halogenated alkanes) is 1. The number of carbonyl (C=O) groups excluding carboxylic acids is 1. The van der Waals surface area contributed by atoms with E-state index in [0.29, 0.717) is 12.1 Å². The highest BCUT2D eigenvalue weighted by Gasteiger charge is 2.14. The Balaban J connectivity index is 1.49. The van der Waals surface area contributed by atoms with Gasteiger partial charge in [0.15, 0.2) is 0 Å². The Kier molecular flexibility index (Phi) is 4.87. The third-order valence-electron chi connectivity index (χ3n) is 5.16. The first kappa shape index (κ1) is 18.9. The van der Waals surface area contributed by atoms with E-state index >= 15 is 0 Å². The molecule has 154 valence electrons. The molecule has 5 rings (SSSR count). The molecule has 1 amide bonds.